The van der Waals surface area contributed by atoms with Gasteiger partial charge in [0.1, 0.15) is 0 Å². The van der Waals surface area contributed by atoms with E-state index in [0.29, 0.717) is 12.8 Å². The molecule has 4 nitrogen and oxygen atoms in total. The summed E-state index contributed by atoms with van der Waals surface area (Å²) in [6.07, 6.45) is 0.281. The molecule has 0 heterocycles. The van der Waals surface area contributed by atoms with E-state index in [2.05, 4.69) is 5.32 Å². The summed E-state index contributed by atoms with van der Waals surface area (Å²) in [6, 6.07) is -0.331. The van der Waals surface area contributed by atoms with Crippen molar-refractivity contribution in [3.05, 3.63) is 0 Å². The minimum absolute atomic E-state index is 0.320. The van der Waals surface area contributed by atoms with Gasteiger partial charge in [0, 0.05) is 0 Å². The van der Waals surface area contributed by atoms with Crippen molar-refractivity contribution < 1.29 is 15.0 Å². The first kappa shape index (κ1) is 9.39. The van der Waals surface area contributed by atoms with Crippen LogP contribution in [0.5, 0.6) is 0 Å². The fourth-order valence-electron chi connectivity index (χ4n) is 0.716. The fraction of sp³-hybridized carbons (Fsp3) is 0.833. The highest BCUT2D eigenvalue weighted by Crippen LogP contribution is 1.95. The van der Waals surface area contributed by atoms with E-state index >= 15 is 0 Å². The van der Waals surface area contributed by atoms with Crippen molar-refractivity contribution >= 4 is 6.41 Å². The first-order valence-electron chi connectivity index (χ1n) is 3.24. The first-order chi connectivity index (χ1) is 4.76. The van der Waals surface area contributed by atoms with Crippen molar-refractivity contribution in [1.29, 1.82) is 0 Å². The maximum absolute atomic E-state index is 9.89. The summed E-state index contributed by atoms with van der Waals surface area (Å²) in [7, 11) is 0. The SMILES string of the molecule is CCC(NC=O)C(O)CO. The van der Waals surface area contributed by atoms with Crippen LogP contribution in [0.1, 0.15) is 13.3 Å². The number of aliphatic hydroxyl groups is 2. The Labute approximate surface area is 59.9 Å². The Morgan fingerprint density at radius 1 is 1.70 bits per heavy atom. The summed E-state index contributed by atoms with van der Waals surface area (Å²) >= 11 is 0. The minimum Gasteiger partial charge on any atom is -0.394 e. The molecule has 0 aliphatic heterocycles. The summed E-state index contributed by atoms with van der Waals surface area (Å²) in [5.41, 5.74) is 0. The van der Waals surface area contributed by atoms with Crippen LogP contribution < -0.4 is 5.32 Å². The maximum Gasteiger partial charge on any atom is 0.207 e. The molecule has 60 valence electrons. The Bertz CT molecular complexity index is 97.0. The van der Waals surface area contributed by atoms with Crippen molar-refractivity contribution in [1.82, 2.24) is 5.32 Å². The molecule has 0 rings (SSSR count). The average molecular weight is 147 g/mol. The molecule has 0 aliphatic carbocycles. The summed E-state index contributed by atoms with van der Waals surface area (Å²) in [5.74, 6) is 0. The topological polar surface area (TPSA) is 69.6 Å². The van der Waals surface area contributed by atoms with Gasteiger partial charge >= 0.3 is 0 Å². The quantitative estimate of drug-likeness (QED) is 0.431. The predicted octanol–water partition coefficient (Wildman–Crippen LogP) is -1.14. The molecule has 2 unspecified atom stereocenters. The van der Waals surface area contributed by atoms with Crippen molar-refractivity contribution in [2.45, 2.75) is 25.5 Å². The number of carbonyl (C=O) groups excluding carboxylic acids is 1. The van der Waals surface area contributed by atoms with E-state index in [-0.39, 0.29) is 12.6 Å². The van der Waals surface area contributed by atoms with E-state index in [1.807, 2.05) is 6.92 Å². The molecule has 0 aromatic rings. The molecule has 3 N–H and O–H groups in total. The normalized spacial score (nSPS) is 15.9. The number of hydrogen-bond acceptors (Lipinski definition) is 3. The molecule has 0 aromatic heterocycles. The van der Waals surface area contributed by atoms with Gasteiger partial charge in [0.25, 0.3) is 0 Å². The highest BCUT2D eigenvalue weighted by molar-refractivity contribution is 5.46. The van der Waals surface area contributed by atoms with Crippen LogP contribution in [0.25, 0.3) is 0 Å². The number of nitrogens with one attached hydrogen (secondary N) is 1. The van der Waals surface area contributed by atoms with Gasteiger partial charge in [-0.3, -0.25) is 4.79 Å². The predicted molar refractivity (Wildman–Crippen MR) is 36.4 cm³/mol. The van der Waals surface area contributed by atoms with E-state index in [4.69, 9.17) is 10.2 Å². The van der Waals surface area contributed by atoms with Gasteiger partial charge in [-0.15, -0.1) is 0 Å². The molecule has 2 atom stereocenters. The molecule has 0 radical (unpaired) electrons. The van der Waals surface area contributed by atoms with Gasteiger partial charge in [-0.1, -0.05) is 6.92 Å². The molecule has 4 heteroatoms. The smallest absolute Gasteiger partial charge is 0.207 e. The van der Waals surface area contributed by atoms with Crippen LogP contribution in [-0.4, -0.2) is 35.4 Å². The van der Waals surface area contributed by atoms with Crippen LogP contribution in [0.3, 0.4) is 0 Å². The standard InChI is InChI=1S/C6H13NO3/c1-2-5(7-4-9)6(10)3-8/h4-6,8,10H,2-3H2,1H3,(H,7,9). The van der Waals surface area contributed by atoms with Gasteiger partial charge in [-0.25, -0.2) is 0 Å². The Morgan fingerprint density at radius 3 is 2.60 bits per heavy atom. The van der Waals surface area contributed by atoms with Crippen LogP contribution in [0.15, 0.2) is 0 Å². The van der Waals surface area contributed by atoms with Gasteiger partial charge in [0.15, 0.2) is 0 Å². The van der Waals surface area contributed by atoms with Crippen LogP contribution in [0.2, 0.25) is 0 Å². The average Bonchev–Trinajstić information content (AvgIpc) is 1.99. The molecule has 0 bridgehead atoms. The van der Waals surface area contributed by atoms with Crippen molar-refractivity contribution in [3.8, 4) is 0 Å². The second-order valence-corrected chi connectivity index (χ2v) is 2.05. The van der Waals surface area contributed by atoms with E-state index in [1.54, 1.807) is 0 Å². The Balaban J connectivity index is 3.67. The number of rotatable bonds is 5. The van der Waals surface area contributed by atoms with Crippen LogP contribution in [0, 0.1) is 0 Å². The lowest BCUT2D eigenvalue weighted by Gasteiger charge is -2.17. The highest BCUT2D eigenvalue weighted by Gasteiger charge is 2.14. The van der Waals surface area contributed by atoms with E-state index in [0.717, 1.165) is 0 Å². The van der Waals surface area contributed by atoms with E-state index in [9.17, 15) is 4.79 Å². The van der Waals surface area contributed by atoms with E-state index in [1.165, 1.54) is 0 Å². The lowest BCUT2D eigenvalue weighted by Crippen LogP contribution is -2.40. The molecular weight excluding hydrogens is 134 g/mol. The summed E-state index contributed by atoms with van der Waals surface area (Å²) in [6.45, 7) is 1.50. The zero-order chi connectivity index (χ0) is 7.98. The van der Waals surface area contributed by atoms with Gasteiger partial charge < -0.3 is 15.5 Å². The van der Waals surface area contributed by atoms with Crippen LogP contribution >= 0.6 is 0 Å². The fourth-order valence-corrected chi connectivity index (χ4v) is 0.716. The maximum atomic E-state index is 9.89. The van der Waals surface area contributed by atoms with Gasteiger partial charge in [0.05, 0.1) is 18.8 Å². The zero-order valence-electron chi connectivity index (χ0n) is 5.95. The lowest BCUT2D eigenvalue weighted by atomic mass is 10.1. The second-order valence-electron chi connectivity index (χ2n) is 2.05. The Morgan fingerprint density at radius 2 is 2.30 bits per heavy atom. The monoisotopic (exact) mass is 147 g/mol. The molecule has 0 saturated carbocycles. The highest BCUT2D eigenvalue weighted by atomic mass is 16.3. The largest absolute Gasteiger partial charge is 0.394 e. The molecule has 0 aliphatic rings. The molecule has 0 saturated heterocycles. The molecule has 10 heavy (non-hydrogen) atoms. The third-order valence-electron chi connectivity index (χ3n) is 1.37. The first-order valence-corrected chi connectivity index (χ1v) is 3.24. The molecule has 0 spiro atoms. The number of aliphatic hydroxyl groups excluding tert-OH is 2. The molecule has 0 aromatic carbocycles. The molecule has 1 amide bonds. The van der Waals surface area contributed by atoms with Crippen LogP contribution in [0.4, 0.5) is 0 Å². The van der Waals surface area contributed by atoms with Gasteiger partial charge in [0.2, 0.25) is 6.41 Å². The van der Waals surface area contributed by atoms with Crippen LogP contribution in [-0.2, 0) is 4.79 Å². The summed E-state index contributed by atoms with van der Waals surface area (Å²) in [4.78, 5) is 9.89. The minimum atomic E-state index is -0.852. The number of carbonyl (C=O) groups is 1. The number of hydrogen-bond donors (Lipinski definition) is 3. The van der Waals surface area contributed by atoms with Crippen molar-refractivity contribution in [2.75, 3.05) is 6.61 Å². The summed E-state index contributed by atoms with van der Waals surface area (Å²) in [5, 5.41) is 19.8. The van der Waals surface area contributed by atoms with E-state index < -0.39 is 6.10 Å². The van der Waals surface area contributed by atoms with Gasteiger partial charge in [-0.2, -0.15) is 0 Å². The Hall–Kier alpha value is -0.610. The third-order valence-corrected chi connectivity index (χ3v) is 1.37. The molecular formula is C6H13NO3. The summed E-state index contributed by atoms with van der Waals surface area (Å²) < 4.78 is 0. The lowest BCUT2D eigenvalue weighted by molar-refractivity contribution is -0.111. The number of amides is 1. The van der Waals surface area contributed by atoms with Crippen molar-refractivity contribution in [3.63, 3.8) is 0 Å². The third kappa shape index (κ3) is 2.80. The van der Waals surface area contributed by atoms with Gasteiger partial charge in [-0.05, 0) is 6.42 Å². The second kappa shape index (κ2) is 5.20. The Kier molecular flexibility index (Phi) is 4.88. The zero-order valence-corrected chi connectivity index (χ0v) is 5.95. The van der Waals surface area contributed by atoms with Crippen molar-refractivity contribution in [2.24, 2.45) is 0 Å². The molecule has 0 fully saturated rings.